The van der Waals surface area contributed by atoms with Gasteiger partial charge in [-0.3, -0.25) is 4.68 Å². The molecule has 31 heavy (non-hydrogen) atoms. The number of aryl methyl sites for hydroxylation is 1. The van der Waals surface area contributed by atoms with Gasteiger partial charge in [-0.05, 0) is 48.5 Å². The molecule has 4 aromatic rings. The van der Waals surface area contributed by atoms with Crippen molar-refractivity contribution in [3.8, 4) is 17.0 Å². The van der Waals surface area contributed by atoms with Crippen LogP contribution < -0.4 is 15.4 Å². The first-order valence-electron chi connectivity index (χ1n) is 9.65. The molecule has 0 bridgehead atoms. The Kier molecular flexibility index (Phi) is 6.18. The summed E-state index contributed by atoms with van der Waals surface area (Å²) in [6.45, 7) is 0.461. The minimum absolute atomic E-state index is 0.357. The topological polar surface area (TPSA) is 96.9 Å². The lowest BCUT2D eigenvalue weighted by molar-refractivity contribution is 0.262. The van der Waals surface area contributed by atoms with Crippen LogP contribution in [0.5, 0.6) is 5.75 Å². The van der Waals surface area contributed by atoms with E-state index >= 15 is 0 Å². The summed E-state index contributed by atoms with van der Waals surface area (Å²) in [5, 5.41) is 10.5. The van der Waals surface area contributed by atoms with Crippen LogP contribution in [0.15, 0.2) is 67.1 Å². The zero-order valence-corrected chi connectivity index (χ0v) is 17.6. The van der Waals surface area contributed by atoms with Crippen molar-refractivity contribution < 1.29 is 9.53 Å². The number of aromatic nitrogens is 4. The Morgan fingerprint density at radius 1 is 1.10 bits per heavy atom. The molecule has 4 rings (SSSR count). The molecule has 2 aromatic heterocycles. The molecule has 2 amide bonds. The predicted octanol–water partition coefficient (Wildman–Crippen LogP) is 4.73. The summed E-state index contributed by atoms with van der Waals surface area (Å²) in [7, 11) is 1.86. The third kappa shape index (κ3) is 5.23. The quantitative estimate of drug-likeness (QED) is 0.390. The van der Waals surface area contributed by atoms with E-state index in [0.29, 0.717) is 35.2 Å². The molecule has 0 spiro atoms. The third-order valence-electron chi connectivity index (χ3n) is 4.59. The van der Waals surface area contributed by atoms with Gasteiger partial charge in [-0.1, -0.05) is 11.6 Å². The first-order chi connectivity index (χ1) is 15.1. The smallest absolute Gasteiger partial charge is 0.323 e. The van der Waals surface area contributed by atoms with E-state index in [1.165, 1.54) is 0 Å². The molecule has 0 fully saturated rings. The second-order valence-corrected chi connectivity index (χ2v) is 7.21. The van der Waals surface area contributed by atoms with Crippen molar-refractivity contribution in [2.45, 2.75) is 6.42 Å². The molecule has 8 nitrogen and oxygen atoms in total. The van der Waals surface area contributed by atoms with Crippen molar-refractivity contribution in [3.05, 3.63) is 78.0 Å². The molecular formula is C22H21ClN6O2. The molecule has 9 heteroatoms. The van der Waals surface area contributed by atoms with Crippen LogP contribution in [0.4, 0.5) is 16.2 Å². The second-order valence-electron chi connectivity index (χ2n) is 6.77. The van der Waals surface area contributed by atoms with Gasteiger partial charge in [-0.15, -0.1) is 0 Å². The number of urea groups is 1. The van der Waals surface area contributed by atoms with Crippen LogP contribution in [0.1, 0.15) is 5.82 Å². The number of amides is 2. The monoisotopic (exact) mass is 436 g/mol. The predicted molar refractivity (Wildman–Crippen MR) is 121 cm³/mol. The Balaban J connectivity index is 1.50. The number of ether oxygens (including phenoxy) is 1. The first-order valence-corrected chi connectivity index (χ1v) is 10.0. The van der Waals surface area contributed by atoms with E-state index in [4.69, 9.17) is 16.3 Å². The number of benzene rings is 2. The lowest BCUT2D eigenvalue weighted by Gasteiger charge is -2.14. The standard InChI is InChI=1S/C22H21ClN6O2/c1-29-19(8-10-26-29)18-14-17(28-22(30)27-16-4-2-15(23)3-5-16)6-7-20(18)31-13-9-21-24-11-12-25-21/h2-8,10-12,14H,9,13H2,1H3,(H,24,25)(H2,27,28,30). The molecule has 0 saturated carbocycles. The number of nitrogens with one attached hydrogen (secondary N) is 3. The highest BCUT2D eigenvalue weighted by atomic mass is 35.5. The fraction of sp³-hybridized carbons (Fsp3) is 0.136. The molecule has 0 aliphatic rings. The molecule has 2 aromatic carbocycles. The number of imidazole rings is 1. The fourth-order valence-electron chi connectivity index (χ4n) is 3.09. The van der Waals surface area contributed by atoms with Gasteiger partial charge < -0.3 is 20.4 Å². The Morgan fingerprint density at radius 3 is 2.58 bits per heavy atom. The zero-order chi connectivity index (χ0) is 21.6. The average molecular weight is 437 g/mol. The number of hydrogen-bond acceptors (Lipinski definition) is 4. The summed E-state index contributed by atoms with van der Waals surface area (Å²) in [4.78, 5) is 19.7. The Labute approximate surface area is 184 Å². The van der Waals surface area contributed by atoms with Gasteiger partial charge >= 0.3 is 6.03 Å². The Morgan fingerprint density at radius 2 is 1.87 bits per heavy atom. The van der Waals surface area contributed by atoms with Crippen LogP contribution in [0.3, 0.4) is 0 Å². The summed E-state index contributed by atoms with van der Waals surface area (Å²) in [5.74, 6) is 1.55. The van der Waals surface area contributed by atoms with Crippen molar-refractivity contribution in [1.29, 1.82) is 0 Å². The number of hydrogen-bond donors (Lipinski definition) is 3. The molecule has 0 unspecified atom stereocenters. The molecular weight excluding hydrogens is 416 g/mol. The van der Waals surface area contributed by atoms with Crippen molar-refractivity contribution in [2.75, 3.05) is 17.2 Å². The first kappa shape index (κ1) is 20.5. The van der Waals surface area contributed by atoms with Crippen molar-refractivity contribution in [3.63, 3.8) is 0 Å². The summed E-state index contributed by atoms with van der Waals surface area (Å²) in [6, 6.07) is 13.9. The highest BCUT2D eigenvalue weighted by Crippen LogP contribution is 2.32. The Bertz CT molecular complexity index is 1160. The maximum Gasteiger partial charge on any atom is 0.323 e. The van der Waals surface area contributed by atoms with Gasteiger partial charge in [0.25, 0.3) is 0 Å². The number of anilines is 2. The van der Waals surface area contributed by atoms with Crippen molar-refractivity contribution in [2.24, 2.45) is 7.05 Å². The van der Waals surface area contributed by atoms with Gasteiger partial charge in [0.05, 0.1) is 12.3 Å². The molecule has 3 N–H and O–H groups in total. The summed E-state index contributed by atoms with van der Waals surface area (Å²) in [5.41, 5.74) is 2.96. The van der Waals surface area contributed by atoms with Crippen molar-refractivity contribution in [1.82, 2.24) is 19.7 Å². The maximum atomic E-state index is 12.4. The molecule has 0 aliphatic heterocycles. The third-order valence-corrected chi connectivity index (χ3v) is 4.84. The second kappa shape index (κ2) is 9.36. The zero-order valence-electron chi connectivity index (χ0n) is 16.8. The molecule has 2 heterocycles. The number of nitrogens with zero attached hydrogens (tertiary/aromatic N) is 3. The largest absolute Gasteiger partial charge is 0.492 e. The normalized spacial score (nSPS) is 10.6. The number of H-pyrrole nitrogens is 1. The Hall–Kier alpha value is -3.78. The van der Waals surface area contributed by atoms with E-state index in [0.717, 1.165) is 17.1 Å². The van der Waals surface area contributed by atoms with E-state index in [2.05, 4.69) is 25.7 Å². The number of halogens is 1. The summed E-state index contributed by atoms with van der Waals surface area (Å²) < 4.78 is 7.77. The molecule has 0 radical (unpaired) electrons. The van der Waals surface area contributed by atoms with E-state index in [9.17, 15) is 4.79 Å². The highest BCUT2D eigenvalue weighted by Gasteiger charge is 2.13. The van der Waals surface area contributed by atoms with Crippen LogP contribution in [-0.4, -0.2) is 32.4 Å². The lowest BCUT2D eigenvalue weighted by Crippen LogP contribution is -2.19. The van der Waals surface area contributed by atoms with Crippen molar-refractivity contribution >= 4 is 29.0 Å². The van der Waals surface area contributed by atoms with E-state index in [1.807, 2.05) is 25.2 Å². The van der Waals surface area contributed by atoms with Gasteiger partial charge in [0, 0.05) is 54.0 Å². The van der Waals surface area contributed by atoms with Gasteiger partial charge in [0.1, 0.15) is 11.6 Å². The van der Waals surface area contributed by atoms with E-state index < -0.39 is 0 Å². The van der Waals surface area contributed by atoms with Crippen LogP contribution in [-0.2, 0) is 13.5 Å². The molecule has 0 atom stereocenters. The van der Waals surface area contributed by atoms with Crippen LogP contribution >= 0.6 is 11.6 Å². The van der Waals surface area contributed by atoms with Crippen LogP contribution in [0.25, 0.3) is 11.3 Å². The number of carbonyl (C=O) groups is 1. The van der Waals surface area contributed by atoms with Crippen LogP contribution in [0.2, 0.25) is 5.02 Å². The van der Waals surface area contributed by atoms with Gasteiger partial charge in [-0.25, -0.2) is 9.78 Å². The fourth-order valence-corrected chi connectivity index (χ4v) is 3.22. The van der Waals surface area contributed by atoms with Crippen LogP contribution in [0, 0.1) is 0 Å². The number of carbonyl (C=O) groups excluding carboxylic acids is 1. The lowest BCUT2D eigenvalue weighted by atomic mass is 10.1. The number of aromatic amines is 1. The van der Waals surface area contributed by atoms with E-state index in [1.54, 1.807) is 53.6 Å². The molecule has 158 valence electrons. The van der Waals surface area contributed by atoms with E-state index in [-0.39, 0.29) is 6.03 Å². The minimum Gasteiger partial charge on any atom is -0.492 e. The van der Waals surface area contributed by atoms with Gasteiger partial charge in [0.2, 0.25) is 0 Å². The SMILES string of the molecule is Cn1nccc1-c1cc(NC(=O)Nc2ccc(Cl)cc2)ccc1OCCc1ncc[nH]1. The summed E-state index contributed by atoms with van der Waals surface area (Å²) in [6.07, 6.45) is 5.87. The maximum absolute atomic E-state index is 12.4. The van der Waals surface area contributed by atoms with Gasteiger partial charge in [-0.2, -0.15) is 5.10 Å². The minimum atomic E-state index is -0.357. The summed E-state index contributed by atoms with van der Waals surface area (Å²) >= 11 is 5.88. The number of rotatable bonds is 7. The highest BCUT2D eigenvalue weighted by molar-refractivity contribution is 6.30. The molecule has 0 saturated heterocycles. The average Bonchev–Trinajstić information content (AvgIpc) is 3.42. The van der Waals surface area contributed by atoms with Gasteiger partial charge in [0.15, 0.2) is 0 Å². The molecule has 0 aliphatic carbocycles.